The van der Waals surface area contributed by atoms with E-state index in [2.05, 4.69) is 25.3 Å². The Morgan fingerprint density at radius 1 is 1.31 bits per heavy atom. The Labute approximate surface area is 92.5 Å². The second-order valence-electron chi connectivity index (χ2n) is 3.75. The molecule has 2 aromatic rings. The minimum atomic E-state index is 0.468. The second-order valence-corrected chi connectivity index (χ2v) is 3.75. The molecule has 82 valence electrons. The molecule has 0 spiro atoms. The number of aromatic amines is 1. The summed E-state index contributed by atoms with van der Waals surface area (Å²) in [7, 11) is 0. The highest BCUT2D eigenvalue weighted by molar-refractivity contribution is 5.74. The third kappa shape index (κ3) is 1.27. The Kier molecular flexibility index (Phi) is 2.07. The lowest BCUT2D eigenvalue weighted by molar-refractivity contribution is -0.725. The van der Waals surface area contributed by atoms with Gasteiger partial charge in [-0.15, -0.1) is 0 Å². The standard InChI is InChI=1S/C10H12N6/c11-3-7-4-13-14-5-8(7)9-6-15-16-2-1-12-10(9)16/h4-6H,1-3,11H2,(H,12,13,15)/p+1. The lowest BCUT2D eigenvalue weighted by Gasteiger charge is -2.02. The number of rotatable bonds is 2. The van der Waals surface area contributed by atoms with Gasteiger partial charge in [0.1, 0.15) is 13.1 Å². The Balaban J connectivity index is 2.15. The van der Waals surface area contributed by atoms with E-state index in [1.807, 2.05) is 6.20 Å². The molecule has 0 aliphatic carbocycles. The first-order chi connectivity index (χ1) is 7.90. The van der Waals surface area contributed by atoms with Crippen LogP contribution in [0.25, 0.3) is 11.1 Å². The van der Waals surface area contributed by atoms with Gasteiger partial charge >= 0.3 is 5.82 Å². The van der Waals surface area contributed by atoms with Crippen LogP contribution in [0.5, 0.6) is 0 Å². The Bertz CT molecular complexity index is 518. The monoisotopic (exact) mass is 217 g/mol. The fourth-order valence-corrected chi connectivity index (χ4v) is 2.03. The number of aromatic nitrogens is 4. The predicted molar refractivity (Wildman–Crippen MR) is 58.4 cm³/mol. The topological polar surface area (TPSA) is 83.5 Å². The molecule has 0 radical (unpaired) electrons. The first-order valence-electron chi connectivity index (χ1n) is 5.25. The van der Waals surface area contributed by atoms with Gasteiger partial charge in [-0.25, -0.2) is 5.10 Å². The van der Waals surface area contributed by atoms with Gasteiger partial charge in [0.05, 0.1) is 24.2 Å². The molecule has 6 nitrogen and oxygen atoms in total. The maximum Gasteiger partial charge on any atom is 0.303 e. The molecule has 2 aromatic heterocycles. The fourth-order valence-electron chi connectivity index (χ4n) is 2.03. The molecule has 0 atom stereocenters. The van der Waals surface area contributed by atoms with Crippen LogP contribution in [0.2, 0.25) is 0 Å². The molecule has 4 N–H and O–H groups in total. The molecule has 3 heterocycles. The van der Waals surface area contributed by atoms with Crippen LogP contribution in [0, 0.1) is 0 Å². The van der Waals surface area contributed by atoms with Gasteiger partial charge in [-0.1, -0.05) is 0 Å². The molecule has 6 heteroatoms. The molecule has 0 unspecified atom stereocenters. The lowest BCUT2D eigenvalue weighted by Crippen LogP contribution is -2.32. The third-order valence-corrected chi connectivity index (χ3v) is 2.84. The van der Waals surface area contributed by atoms with Gasteiger partial charge in [-0.2, -0.15) is 14.9 Å². The van der Waals surface area contributed by atoms with E-state index < -0.39 is 0 Å². The Morgan fingerprint density at radius 3 is 3.06 bits per heavy atom. The summed E-state index contributed by atoms with van der Waals surface area (Å²) in [5.74, 6) is 1.10. The number of H-pyrrole nitrogens is 1. The van der Waals surface area contributed by atoms with Crippen molar-refractivity contribution in [2.75, 3.05) is 11.9 Å². The van der Waals surface area contributed by atoms with E-state index in [4.69, 9.17) is 5.73 Å². The summed E-state index contributed by atoms with van der Waals surface area (Å²) in [6, 6.07) is 0. The first kappa shape index (κ1) is 9.29. The van der Waals surface area contributed by atoms with Crippen LogP contribution < -0.4 is 15.7 Å². The normalized spacial score (nSPS) is 13.6. The van der Waals surface area contributed by atoms with E-state index in [0.717, 1.165) is 35.6 Å². The third-order valence-electron chi connectivity index (χ3n) is 2.84. The zero-order valence-corrected chi connectivity index (χ0v) is 8.77. The SMILES string of the molecule is NCc1cnncc1-c1c[nH][n+]2c1NCC2. The summed E-state index contributed by atoms with van der Waals surface area (Å²) in [6.45, 7) is 2.39. The van der Waals surface area contributed by atoms with E-state index in [1.165, 1.54) is 0 Å². The van der Waals surface area contributed by atoms with Gasteiger partial charge in [-0.05, 0) is 5.56 Å². The molecule has 0 saturated heterocycles. The van der Waals surface area contributed by atoms with Gasteiger partial charge < -0.3 is 5.73 Å². The number of nitrogens with zero attached hydrogens (tertiary/aromatic N) is 3. The zero-order valence-electron chi connectivity index (χ0n) is 8.77. The average molecular weight is 217 g/mol. The van der Waals surface area contributed by atoms with Crippen molar-refractivity contribution in [3.05, 3.63) is 24.2 Å². The minimum absolute atomic E-state index is 0.468. The highest BCUT2D eigenvalue weighted by Crippen LogP contribution is 2.27. The maximum absolute atomic E-state index is 5.70. The van der Waals surface area contributed by atoms with Crippen LogP contribution >= 0.6 is 0 Å². The second kappa shape index (κ2) is 3.57. The van der Waals surface area contributed by atoms with Crippen molar-refractivity contribution in [3.63, 3.8) is 0 Å². The van der Waals surface area contributed by atoms with Crippen LogP contribution in [0.4, 0.5) is 5.82 Å². The van der Waals surface area contributed by atoms with Crippen molar-refractivity contribution >= 4 is 5.82 Å². The number of fused-ring (bicyclic) bond motifs is 1. The number of hydrogen-bond acceptors (Lipinski definition) is 4. The number of anilines is 1. The molecular formula is C10H13N6+. The summed E-state index contributed by atoms with van der Waals surface area (Å²) in [5, 5.41) is 14.3. The summed E-state index contributed by atoms with van der Waals surface area (Å²) in [4.78, 5) is 0. The van der Waals surface area contributed by atoms with E-state index in [9.17, 15) is 0 Å². The summed E-state index contributed by atoms with van der Waals surface area (Å²) in [5.41, 5.74) is 8.85. The molecule has 0 amide bonds. The molecule has 0 bridgehead atoms. The Hall–Kier alpha value is -1.95. The Morgan fingerprint density at radius 2 is 2.19 bits per heavy atom. The molecule has 3 rings (SSSR count). The van der Waals surface area contributed by atoms with Gasteiger partial charge in [0.15, 0.2) is 0 Å². The molecule has 16 heavy (non-hydrogen) atoms. The quantitative estimate of drug-likeness (QED) is 0.600. The maximum atomic E-state index is 5.70. The molecular weight excluding hydrogens is 204 g/mol. The van der Waals surface area contributed by atoms with E-state index >= 15 is 0 Å². The van der Waals surface area contributed by atoms with Crippen molar-refractivity contribution in [3.8, 4) is 11.1 Å². The summed E-state index contributed by atoms with van der Waals surface area (Å²) < 4.78 is 2.08. The van der Waals surface area contributed by atoms with Crippen molar-refractivity contribution in [1.82, 2.24) is 15.3 Å². The van der Waals surface area contributed by atoms with Gasteiger partial charge in [-0.3, -0.25) is 5.32 Å². The van der Waals surface area contributed by atoms with Crippen LogP contribution in [-0.4, -0.2) is 21.8 Å². The molecule has 0 fully saturated rings. The van der Waals surface area contributed by atoms with Crippen LogP contribution in [0.3, 0.4) is 0 Å². The average Bonchev–Trinajstić information content (AvgIpc) is 2.91. The molecule has 0 saturated carbocycles. The summed E-state index contributed by atoms with van der Waals surface area (Å²) >= 11 is 0. The van der Waals surface area contributed by atoms with Crippen LogP contribution in [0.15, 0.2) is 18.6 Å². The van der Waals surface area contributed by atoms with E-state index in [-0.39, 0.29) is 0 Å². The largest absolute Gasteiger partial charge is 0.326 e. The minimum Gasteiger partial charge on any atom is -0.326 e. The number of hydrogen-bond donors (Lipinski definition) is 3. The van der Waals surface area contributed by atoms with E-state index in [0.29, 0.717) is 6.54 Å². The van der Waals surface area contributed by atoms with Gasteiger partial charge in [0, 0.05) is 12.1 Å². The van der Waals surface area contributed by atoms with Crippen molar-refractivity contribution in [2.24, 2.45) is 5.73 Å². The van der Waals surface area contributed by atoms with Crippen LogP contribution in [-0.2, 0) is 13.1 Å². The molecule has 1 aliphatic rings. The van der Waals surface area contributed by atoms with Gasteiger partial charge in [0.25, 0.3) is 0 Å². The van der Waals surface area contributed by atoms with Crippen molar-refractivity contribution in [1.29, 1.82) is 0 Å². The van der Waals surface area contributed by atoms with Crippen molar-refractivity contribution < 1.29 is 4.68 Å². The summed E-state index contributed by atoms with van der Waals surface area (Å²) in [6.07, 6.45) is 5.44. The van der Waals surface area contributed by atoms with E-state index in [1.54, 1.807) is 12.4 Å². The van der Waals surface area contributed by atoms with Crippen LogP contribution in [0.1, 0.15) is 5.56 Å². The predicted octanol–water partition coefficient (Wildman–Crippen LogP) is -0.357. The highest BCUT2D eigenvalue weighted by atomic mass is 15.4. The highest BCUT2D eigenvalue weighted by Gasteiger charge is 2.25. The number of nitrogens with one attached hydrogen (secondary N) is 2. The molecule has 1 aliphatic heterocycles. The zero-order chi connectivity index (χ0) is 11.0. The first-order valence-corrected chi connectivity index (χ1v) is 5.25. The van der Waals surface area contributed by atoms with Crippen molar-refractivity contribution in [2.45, 2.75) is 13.1 Å². The number of nitrogens with two attached hydrogens (primary N) is 1. The van der Waals surface area contributed by atoms with Gasteiger partial charge in [0.2, 0.25) is 0 Å². The smallest absolute Gasteiger partial charge is 0.303 e. The lowest BCUT2D eigenvalue weighted by atomic mass is 10.1. The molecule has 0 aromatic carbocycles. The fraction of sp³-hybridized carbons (Fsp3) is 0.300.